The Bertz CT molecular complexity index is 393. The van der Waals surface area contributed by atoms with Gasteiger partial charge >= 0.3 is 0 Å². The fraction of sp³-hybridized carbons (Fsp3) is 0.143. The van der Waals surface area contributed by atoms with Crippen LogP contribution in [0.1, 0.15) is 0 Å². The standard InChI is InChI=1S/C7H8N4O3/c1-8-4-2-3-5(11(12)13)7-6(4)9-14-10-7/h2-3,8-10H,1H3. The summed E-state index contributed by atoms with van der Waals surface area (Å²) in [5, 5.41) is 13.5. The van der Waals surface area contributed by atoms with E-state index in [2.05, 4.69) is 16.3 Å². The molecule has 0 radical (unpaired) electrons. The molecule has 1 aromatic carbocycles. The number of benzene rings is 1. The molecular weight excluding hydrogens is 188 g/mol. The Hall–Kier alpha value is -2.02. The van der Waals surface area contributed by atoms with Crippen LogP contribution in [-0.2, 0) is 4.94 Å². The average molecular weight is 196 g/mol. The molecule has 0 aliphatic carbocycles. The number of nitrogens with zero attached hydrogens (tertiary/aromatic N) is 1. The smallest absolute Gasteiger partial charge is 0.297 e. The quantitative estimate of drug-likeness (QED) is 0.488. The van der Waals surface area contributed by atoms with Crippen LogP contribution in [0.25, 0.3) is 0 Å². The summed E-state index contributed by atoms with van der Waals surface area (Å²) in [7, 11) is 1.72. The lowest BCUT2D eigenvalue weighted by Gasteiger charge is -2.04. The molecule has 2 rings (SSSR count). The number of nitro benzene ring substituents is 1. The highest BCUT2D eigenvalue weighted by Gasteiger charge is 2.25. The summed E-state index contributed by atoms with van der Waals surface area (Å²) in [5.74, 6) is 0. The maximum atomic E-state index is 10.6. The van der Waals surface area contributed by atoms with E-state index in [0.29, 0.717) is 11.4 Å². The molecule has 7 nitrogen and oxygen atoms in total. The van der Waals surface area contributed by atoms with E-state index in [1.807, 2.05) is 0 Å². The molecule has 0 saturated carbocycles. The first-order chi connectivity index (χ1) is 6.74. The van der Waals surface area contributed by atoms with Gasteiger partial charge in [0.05, 0.1) is 10.6 Å². The van der Waals surface area contributed by atoms with E-state index in [-0.39, 0.29) is 5.69 Å². The van der Waals surface area contributed by atoms with Gasteiger partial charge in [-0.25, -0.2) is 11.0 Å². The fourth-order valence-electron chi connectivity index (χ4n) is 1.29. The summed E-state index contributed by atoms with van der Waals surface area (Å²) in [6.45, 7) is 0. The minimum Gasteiger partial charge on any atom is -0.386 e. The molecule has 0 amide bonds. The molecule has 0 fully saturated rings. The van der Waals surface area contributed by atoms with Crippen LogP contribution in [0.2, 0.25) is 0 Å². The number of rotatable bonds is 2. The van der Waals surface area contributed by atoms with Gasteiger partial charge in [-0.15, -0.1) is 0 Å². The van der Waals surface area contributed by atoms with Gasteiger partial charge in [-0.05, 0) is 6.07 Å². The van der Waals surface area contributed by atoms with Crippen LogP contribution in [0, 0.1) is 10.1 Å². The first-order valence-corrected chi connectivity index (χ1v) is 3.91. The highest BCUT2D eigenvalue weighted by atomic mass is 16.8. The lowest BCUT2D eigenvalue weighted by molar-refractivity contribution is -0.384. The highest BCUT2D eigenvalue weighted by molar-refractivity contribution is 5.89. The zero-order valence-electron chi connectivity index (χ0n) is 7.33. The van der Waals surface area contributed by atoms with E-state index < -0.39 is 4.92 Å². The third-order valence-corrected chi connectivity index (χ3v) is 1.96. The van der Waals surface area contributed by atoms with Crippen LogP contribution in [0.3, 0.4) is 0 Å². The van der Waals surface area contributed by atoms with Gasteiger partial charge in [-0.2, -0.15) is 4.94 Å². The third kappa shape index (κ3) is 1.11. The van der Waals surface area contributed by atoms with Crippen LogP contribution >= 0.6 is 0 Å². The van der Waals surface area contributed by atoms with E-state index in [0.717, 1.165) is 5.69 Å². The van der Waals surface area contributed by atoms with E-state index >= 15 is 0 Å². The molecule has 0 atom stereocenters. The molecule has 14 heavy (non-hydrogen) atoms. The summed E-state index contributed by atoms with van der Waals surface area (Å²) in [5.41, 5.74) is 6.56. The molecule has 7 heteroatoms. The highest BCUT2D eigenvalue weighted by Crippen LogP contribution is 2.41. The molecular formula is C7H8N4O3. The van der Waals surface area contributed by atoms with Gasteiger partial charge in [0.1, 0.15) is 5.69 Å². The van der Waals surface area contributed by atoms with Gasteiger partial charge in [-0.3, -0.25) is 10.1 Å². The molecule has 1 heterocycles. The van der Waals surface area contributed by atoms with Crippen LogP contribution < -0.4 is 16.3 Å². The van der Waals surface area contributed by atoms with Crippen molar-refractivity contribution < 1.29 is 9.86 Å². The van der Waals surface area contributed by atoms with Crippen molar-refractivity contribution in [2.24, 2.45) is 0 Å². The normalized spacial score (nSPS) is 12.6. The second-order valence-corrected chi connectivity index (χ2v) is 2.70. The van der Waals surface area contributed by atoms with Crippen molar-refractivity contribution in [3.8, 4) is 0 Å². The molecule has 0 saturated heterocycles. The van der Waals surface area contributed by atoms with E-state index in [1.165, 1.54) is 6.07 Å². The van der Waals surface area contributed by atoms with Crippen molar-refractivity contribution in [3.63, 3.8) is 0 Å². The minimum absolute atomic E-state index is 0.0241. The Labute approximate surface area is 79.1 Å². The molecule has 1 aliphatic heterocycles. The molecule has 0 aromatic heterocycles. The second kappa shape index (κ2) is 3.04. The van der Waals surface area contributed by atoms with Gasteiger partial charge < -0.3 is 5.32 Å². The largest absolute Gasteiger partial charge is 0.386 e. The van der Waals surface area contributed by atoms with Gasteiger partial charge in [-0.1, -0.05) is 0 Å². The number of hydrogen-bond acceptors (Lipinski definition) is 6. The van der Waals surface area contributed by atoms with Gasteiger partial charge in [0, 0.05) is 13.1 Å². The van der Waals surface area contributed by atoms with Crippen LogP contribution in [0.4, 0.5) is 22.7 Å². The third-order valence-electron chi connectivity index (χ3n) is 1.96. The Kier molecular flexibility index (Phi) is 1.86. The minimum atomic E-state index is -0.471. The van der Waals surface area contributed by atoms with E-state index in [1.54, 1.807) is 13.1 Å². The molecule has 0 spiro atoms. The number of anilines is 3. The number of hydrogen-bond donors (Lipinski definition) is 3. The number of nitro groups is 1. The topological polar surface area (TPSA) is 88.5 Å². The molecule has 0 bridgehead atoms. The summed E-state index contributed by atoms with van der Waals surface area (Å²) >= 11 is 0. The monoisotopic (exact) mass is 196 g/mol. The summed E-state index contributed by atoms with van der Waals surface area (Å²) in [6.07, 6.45) is 0. The van der Waals surface area contributed by atoms with E-state index in [4.69, 9.17) is 4.94 Å². The second-order valence-electron chi connectivity index (χ2n) is 2.70. The summed E-state index contributed by atoms with van der Waals surface area (Å²) in [6, 6.07) is 3.02. The Morgan fingerprint density at radius 3 is 2.79 bits per heavy atom. The fourth-order valence-corrected chi connectivity index (χ4v) is 1.29. The van der Waals surface area contributed by atoms with Crippen molar-refractivity contribution in [2.45, 2.75) is 0 Å². The predicted molar refractivity (Wildman–Crippen MR) is 51.0 cm³/mol. The Balaban J connectivity index is 2.58. The van der Waals surface area contributed by atoms with E-state index in [9.17, 15) is 10.1 Å². The van der Waals surface area contributed by atoms with Crippen LogP contribution in [-0.4, -0.2) is 12.0 Å². The maximum absolute atomic E-state index is 10.6. The molecule has 3 N–H and O–H groups in total. The molecule has 74 valence electrons. The first kappa shape index (κ1) is 8.57. The SMILES string of the molecule is CNc1ccc([N+](=O)[O-])c2c1NON2. The van der Waals surface area contributed by atoms with Crippen LogP contribution in [0.5, 0.6) is 0 Å². The van der Waals surface area contributed by atoms with Gasteiger partial charge in [0.25, 0.3) is 5.69 Å². The Morgan fingerprint density at radius 1 is 1.43 bits per heavy atom. The van der Waals surface area contributed by atoms with Crippen molar-refractivity contribution in [1.29, 1.82) is 0 Å². The molecule has 1 aromatic rings. The molecule has 0 unspecified atom stereocenters. The lowest BCUT2D eigenvalue weighted by Crippen LogP contribution is -1.96. The summed E-state index contributed by atoms with van der Waals surface area (Å²) < 4.78 is 0. The average Bonchev–Trinajstić information content (AvgIpc) is 2.64. The molecule has 1 aliphatic rings. The van der Waals surface area contributed by atoms with Gasteiger partial charge in [0.15, 0.2) is 5.69 Å². The van der Waals surface area contributed by atoms with Crippen molar-refractivity contribution in [3.05, 3.63) is 22.2 Å². The van der Waals surface area contributed by atoms with Gasteiger partial charge in [0.2, 0.25) is 0 Å². The lowest BCUT2D eigenvalue weighted by atomic mass is 10.2. The van der Waals surface area contributed by atoms with Crippen molar-refractivity contribution >= 4 is 22.7 Å². The van der Waals surface area contributed by atoms with Crippen LogP contribution in [0.15, 0.2) is 12.1 Å². The van der Waals surface area contributed by atoms with Crippen molar-refractivity contribution in [2.75, 3.05) is 23.3 Å². The first-order valence-electron chi connectivity index (χ1n) is 3.91. The predicted octanol–water partition coefficient (Wildman–Crippen LogP) is 1.32. The maximum Gasteiger partial charge on any atom is 0.297 e. The summed E-state index contributed by atoms with van der Waals surface area (Å²) in [4.78, 5) is 14.9. The zero-order chi connectivity index (χ0) is 10.1. The zero-order valence-corrected chi connectivity index (χ0v) is 7.33. The number of fused-ring (bicyclic) bond motifs is 1. The number of nitrogens with one attached hydrogen (secondary N) is 3. The van der Waals surface area contributed by atoms with Crippen molar-refractivity contribution in [1.82, 2.24) is 0 Å². The Morgan fingerprint density at radius 2 is 2.14 bits per heavy atom.